The van der Waals surface area contributed by atoms with E-state index in [-0.39, 0.29) is 24.2 Å². The van der Waals surface area contributed by atoms with Gasteiger partial charge in [0.2, 0.25) is 0 Å². The molecule has 0 aliphatic heterocycles. The molecule has 0 unspecified atom stereocenters. The van der Waals surface area contributed by atoms with E-state index in [1.54, 1.807) is 12.2 Å². The molecule has 1 aliphatic carbocycles. The molecule has 1 aromatic carbocycles. The summed E-state index contributed by atoms with van der Waals surface area (Å²) in [5, 5.41) is 9.00. The van der Waals surface area contributed by atoms with Crippen molar-refractivity contribution in [1.29, 1.82) is 0 Å². The maximum atomic E-state index is 13.4. The summed E-state index contributed by atoms with van der Waals surface area (Å²) in [7, 11) is 0. The van der Waals surface area contributed by atoms with E-state index in [1.165, 1.54) is 0 Å². The molecule has 0 atom stereocenters. The van der Waals surface area contributed by atoms with Gasteiger partial charge >= 0.3 is 0 Å². The van der Waals surface area contributed by atoms with Crippen molar-refractivity contribution < 1.29 is 18.7 Å². The number of benzene rings is 1. The third-order valence-corrected chi connectivity index (χ3v) is 2.86. The lowest BCUT2D eigenvalue weighted by atomic mass is 10.0. The topological polar surface area (TPSA) is 37.3 Å². The molecule has 0 heterocycles. The largest absolute Gasteiger partial charge is 0.508 e. The molecule has 2 rings (SSSR count). The van der Waals surface area contributed by atoms with Crippen LogP contribution < -0.4 is 0 Å². The van der Waals surface area contributed by atoms with Crippen molar-refractivity contribution in [2.75, 3.05) is 0 Å². The molecule has 0 saturated carbocycles. The Labute approximate surface area is 103 Å². The number of allylic oxidation sites excluding steroid dienone is 4. The molecular weight excluding hydrogens is 238 g/mol. The Balaban J connectivity index is 2.04. The Morgan fingerprint density at radius 1 is 1.28 bits per heavy atom. The minimum atomic E-state index is -0.821. The van der Waals surface area contributed by atoms with Gasteiger partial charge < -0.3 is 5.11 Å². The van der Waals surface area contributed by atoms with Gasteiger partial charge in [0.1, 0.15) is 17.4 Å². The predicted molar refractivity (Wildman–Crippen MR) is 63.2 cm³/mol. The second kappa shape index (κ2) is 5.12. The summed E-state index contributed by atoms with van der Waals surface area (Å²) in [6.45, 7) is 0. The number of rotatable bonds is 4. The Morgan fingerprint density at radius 3 is 2.50 bits per heavy atom. The third kappa shape index (κ3) is 2.64. The first-order chi connectivity index (χ1) is 8.58. The quantitative estimate of drug-likeness (QED) is 0.891. The first-order valence-electron chi connectivity index (χ1n) is 5.63. The highest BCUT2D eigenvalue weighted by Crippen LogP contribution is 2.22. The minimum Gasteiger partial charge on any atom is -0.508 e. The smallest absolute Gasteiger partial charge is 0.159 e. The summed E-state index contributed by atoms with van der Waals surface area (Å²) in [5.74, 6) is -2.20. The van der Waals surface area contributed by atoms with Gasteiger partial charge in [0.15, 0.2) is 5.78 Å². The predicted octanol–water partition coefficient (Wildman–Crippen LogP) is 3.06. The van der Waals surface area contributed by atoms with Gasteiger partial charge in [-0.1, -0.05) is 18.2 Å². The van der Waals surface area contributed by atoms with Crippen molar-refractivity contribution >= 4 is 5.78 Å². The van der Waals surface area contributed by atoms with Crippen LogP contribution in [0.25, 0.3) is 0 Å². The highest BCUT2D eigenvalue weighted by Gasteiger charge is 2.15. The van der Waals surface area contributed by atoms with Crippen molar-refractivity contribution in [2.45, 2.75) is 19.3 Å². The number of carbonyl (C=O) groups is 1. The second-order valence-corrected chi connectivity index (χ2v) is 4.14. The molecule has 4 heteroatoms. The molecule has 18 heavy (non-hydrogen) atoms. The number of hydrogen-bond acceptors (Lipinski definition) is 2. The molecule has 0 spiro atoms. The Morgan fingerprint density at radius 2 is 1.94 bits per heavy atom. The Bertz CT molecular complexity index is 522. The van der Waals surface area contributed by atoms with E-state index in [4.69, 9.17) is 5.11 Å². The molecule has 0 radical (unpaired) electrons. The zero-order chi connectivity index (χ0) is 13.1. The van der Waals surface area contributed by atoms with Crippen LogP contribution in [0.3, 0.4) is 0 Å². The van der Waals surface area contributed by atoms with Gasteiger partial charge in [0.05, 0.1) is 0 Å². The van der Waals surface area contributed by atoms with Crippen LogP contribution in [0.15, 0.2) is 35.9 Å². The standard InChI is InChI=1S/C14H12F2O2/c15-12-7-10(17)8-13(16)11(12)5-6-14(18)9-3-1-2-4-9/h1-3,7-8,17H,4-6H2. The average molecular weight is 250 g/mol. The van der Waals surface area contributed by atoms with Gasteiger partial charge in [-0.05, 0) is 18.4 Å². The van der Waals surface area contributed by atoms with Crippen molar-refractivity contribution in [2.24, 2.45) is 0 Å². The zero-order valence-corrected chi connectivity index (χ0v) is 9.62. The van der Waals surface area contributed by atoms with Crippen molar-refractivity contribution in [1.82, 2.24) is 0 Å². The number of phenols is 1. The first-order valence-corrected chi connectivity index (χ1v) is 5.63. The van der Waals surface area contributed by atoms with Crippen LogP contribution in [-0.4, -0.2) is 10.9 Å². The highest BCUT2D eigenvalue weighted by molar-refractivity contribution is 5.96. The van der Waals surface area contributed by atoms with Gasteiger partial charge in [0, 0.05) is 24.1 Å². The maximum absolute atomic E-state index is 13.4. The summed E-state index contributed by atoms with van der Waals surface area (Å²) in [6, 6.07) is 1.69. The molecule has 0 bridgehead atoms. The average Bonchev–Trinajstić information content (AvgIpc) is 2.80. The molecule has 0 fully saturated rings. The number of hydrogen-bond donors (Lipinski definition) is 1. The Hall–Kier alpha value is -1.97. The number of phenolic OH excluding ortho intramolecular Hbond substituents is 1. The lowest BCUT2D eigenvalue weighted by Gasteiger charge is -2.06. The fourth-order valence-corrected chi connectivity index (χ4v) is 1.88. The lowest BCUT2D eigenvalue weighted by molar-refractivity contribution is -0.115. The van der Waals surface area contributed by atoms with E-state index in [0.717, 1.165) is 12.1 Å². The molecule has 0 aromatic heterocycles. The molecule has 1 aromatic rings. The van der Waals surface area contributed by atoms with Gasteiger partial charge in [0.25, 0.3) is 0 Å². The molecule has 0 amide bonds. The molecule has 2 nitrogen and oxygen atoms in total. The number of aromatic hydroxyl groups is 1. The number of carbonyl (C=O) groups excluding carboxylic acids is 1. The highest BCUT2D eigenvalue weighted by atomic mass is 19.1. The van der Waals surface area contributed by atoms with E-state index in [0.29, 0.717) is 12.0 Å². The van der Waals surface area contributed by atoms with Crippen LogP contribution in [0.2, 0.25) is 0 Å². The SMILES string of the molecule is O=C(CCc1c(F)cc(O)cc1F)C1=CC=CC1. The lowest BCUT2D eigenvalue weighted by Crippen LogP contribution is -2.05. The summed E-state index contributed by atoms with van der Waals surface area (Å²) >= 11 is 0. The fourth-order valence-electron chi connectivity index (χ4n) is 1.88. The van der Waals surface area contributed by atoms with Crippen LogP contribution in [0.4, 0.5) is 8.78 Å². The van der Waals surface area contributed by atoms with Crippen LogP contribution in [-0.2, 0) is 11.2 Å². The van der Waals surface area contributed by atoms with Crippen molar-refractivity contribution in [3.63, 3.8) is 0 Å². The van der Waals surface area contributed by atoms with Gasteiger partial charge in [-0.25, -0.2) is 8.78 Å². The normalized spacial score (nSPS) is 13.8. The van der Waals surface area contributed by atoms with E-state index in [1.807, 2.05) is 6.08 Å². The van der Waals surface area contributed by atoms with Gasteiger partial charge in [-0.2, -0.15) is 0 Å². The molecular formula is C14H12F2O2. The van der Waals surface area contributed by atoms with Crippen LogP contribution >= 0.6 is 0 Å². The van der Waals surface area contributed by atoms with Crippen molar-refractivity contribution in [3.05, 3.63) is 53.1 Å². The number of halogens is 2. The van der Waals surface area contributed by atoms with Gasteiger partial charge in [-0.3, -0.25) is 4.79 Å². The van der Waals surface area contributed by atoms with E-state index >= 15 is 0 Å². The first kappa shape index (κ1) is 12.5. The number of Topliss-reactive ketones (excluding diaryl/α,β-unsaturated/α-hetero) is 1. The molecule has 0 saturated heterocycles. The van der Waals surface area contributed by atoms with Crippen LogP contribution in [0.1, 0.15) is 18.4 Å². The molecule has 1 N–H and O–H groups in total. The molecule has 1 aliphatic rings. The summed E-state index contributed by atoms with van der Waals surface area (Å²) in [4.78, 5) is 11.7. The monoisotopic (exact) mass is 250 g/mol. The summed E-state index contributed by atoms with van der Waals surface area (Å²) < 4.78 is 26.8. The van der Waals surface area contributed by atoms with Crippen LogP contribution in [0.5, 0.6) is 5.75 Å². The maximum Gasteiger partial charge on any atom is 0.159 e. The third-order valence-electron chi connectivity index (χ3n) is 2.86. The van der Waals surface area contributed by atoms with E-state index < -0.39 is 17.4 Å². The summed E-state index contributed by atoms with van der Waals surface area (Å²) in [5.41, 5.74) is 0.502. The van der Waals surface area contributed by atoms with Crippen LogP contribution in [0, 0.1) is 11.6 Å². The minimum absolute atomic E-state index is 0.00583. The van der Waals surface area contributed by atoms with E-state index in [2.05, 4.69) is 0 Å². The van der Waals surface area contributed by atoms with E-state index in [9.17, 15) is 13.6 Å². The zero-order valence-electron chi connectivity index (χ0n) is 9.62. The Kier molecular flexibility index (Phi) is 3.55. The number of ketones is 1. The summed E-state index contributed by atoms with van der Waals surface area (Å²) in [6.07, 6.45) is 6.00. The second-order valence-electron chi connectivity index (χ2n) is 4.14. The fraction of sp³-hybridized carbons (Fsp3) is 0.214. The van der Waals surface area contributed by atoms with Crippen molar-refractivity contribution in [3.8, 4) is 5.75 Å². The molecule has 94 valence electrons. The van der Waals surface area contributed by atoms with Gasteiger partial charge in [-0.15, -0.1) is 0 Å².